The Morgan fingerprint density at radius 3 is 1.51 bits per heavy atom. The van der Waals surface area contributed by atoms with Gasteiger partial charge in [-0.3, -0.25) is 4.79 Å². The van der Waals surface area contributed by atoms with Gasteiger partial charge in [-0.25, -0.2) is 0 Å². The van der Waals surface area contributed by atoms with Crippen LogP contribution < -0.4 is 0 Å². The number of ketones is 1. The molecule has 4 saturated carbocycles. The topological polar surface area (TPSA) is 543 Å². The zero-order valence-electron chi connectivity index (χ0n) is 57.8. The van der Waals surface area contributed by atoms with E-state index in [0.717, 1.165) is 18.4 Å². The summed E-state index contributed by atoms with van der Waals surface area (Å²) in [6.45, 7) is 11.7. The SMILES string of the molecule is CC(CCC(OC1OC(COC2OC(CO)C(O)C(O)C2O)C(O)C(O)C1OC1OC(CO)C(O)C(O)C1O)C(C)(C)O)C1CCC2(C)C3CC=C4C(CCC(OC5OC(COC6CC(COC7OC(CO)C(O)C(O)C7O)C(O)C(O)C6O)C(O)C(O)C5O)C4(C)C)C3(C)C(=O)CC12C. The van der Waals surface area contributed by atoms with Crippen LogP contribution in [-0.2, 0) is 56.9 Å². The molecule has 5 saturated heterocycles. The number of rotatable bonds is 23. The van der Waals surface area contributed by atoms with Crippen molar-refractivity contribution < 1.29 is 164 Å². The number of aliphatic hydroxyl groups excluding tert-OH is 20. The maximum Gasteiger partial charge on any atom is 0.187 e. The van der Waals surface area contributed by atoms with E-state index in [2.05, 4.69) is 33.8 Å². The number of fused-ring (bicyclic) bond motifs is 5. The minimum Gasteiger partial charge on any atom is -0.394 e. The third kappa shape index (κ3) is 14.8. The van der Waals surface area contributed by atoms with Crippen LogP contribution in [0.1, 0.15) is 113 Å². The molecule has 39 unspecified atom stereocenters. The molecule has 9 fully saturated rings. The van der Waals surface area contributed by atoms with Crippen molar-refractivity contribution in [3.8, 4) is 0 Å². The minimum absolute atomic E-state index is 0.0181. The van der Waals surface area contributed by atoms with Gasteiger partial charge in [-0.2, -0.15) is 0 Å². The highest BCUT2D eigenvalue weighted by atomic mass is 16.8. The second-order valence-electron chi connectivity index (χ2n) is 31.9. The summed E-state index contributed by atoms with van der Waals surface area (Å²) in [6, 6.07) is 0. The molecule has 5 aliphatic heterocycles. The Kier molecular flexibility index (Phi) is 25.3. The second-order valence-corrected chi connectivity index (χ2v) is 31.9. The molecule has 21 N–H and O–H groups in total. The van der Waals surface area contributed by atoms with Crippen LogP contribution in [0.15, 0.2) is 11.6 Å². The molecule has 10 rings (SSSR count). The van der Waals surface area contributed by atoms with Gasteiger partial charge in [0.1, 0.15) is 140 Å². The molecule has 0 amide bonds. The van der Waals surface area contributed by atoms with Crippen LogP contribution in [0.2, 0.25) is 0 Å². The molecule has 0 aromatic rings. The molecule has 33 nitrogen and oxygen atoms in total. The molecular weight excluding hydrogens is 1330 g/mol. The summed E-state index contributed by atoms with van der Waals surface area (Å²) in [5, 5.41) is 226. The molecule has 0 radical (unpaired) electrons. The van der Waals surface area contributed by atoms with Crippen molar-refractivity contribution in [2.45, 2.75) is 309 Å². The summed E-state index contributed by atoms with van der Waals surface area (Å²) < 4.78 is 65.5. The number of ether oxygens (including phenoxy) is 11. The average molecular weight is 1450 g/mol. The lowest BCUT2D eigenvalue weighted by Crippen LogP contribution is -2.65. The molecule has 0 spiro atoms. The number of Topliss-reactive ketones (excluding diaryl/α,β-unsaturated/α-hetero) is 1. The number of hydrogen-bond donors (Lipinski definition) is 21. The number of hydrogen-bond acceptors (Lipinski definition) is 33. The molecule has 578 valence electrons. The summed E-state index contributed by atoms with van der Waals surface area (Å²) >= 11 is 0. The summed E-state index contributed by atoms with van der Waals surface area (Å²) in [7, 11) is 0. The number of allylic oxidation sites excluding steroid dienone is 1. The highest BCUT2D eigenvalue weighted by Crippen LogP contribution is 2.74. The third-order valence-electron chi connectivity index (χ3n) is 25.2. The first kappa shape index (κ1) is 80.7. The maximum absolute atomic E-state index is 15.5. The molecule has 0 bridgehead atoms. The standard InChI is InChI=1S/C67H112O33/c1-25(9-13-39(64(4,5)89)99-62-57(100-61-56(88)50(82)44(76)33(21-70)95-61)52(84)46(78)35(97-62)24-92-59-54(86)49(81)43(75)32(20-69)94-59)27-15-16-65(6)36-12-10-28-29(67(36,8)37(71)18-66(27,65)7)11-14-38(63(28,2)3)98-60-55(87)51(83)45(77)34(96-60)23-90-30-17-26(40(72)47(79)41(30)73)22-91-58-53(85)48(80)42(74)31(19-68)93-58/h10,25-27,29-36,38-62,68-70,72-89H,9,11-24H2,1-8H3. The Hall–Kier alpha value is -1.87. The molecule has 100 heavy (non-hydrogen) atoms. The van der Waals surface area contributed by atoms with Crippen molar-refractivity contribution >= 4 is 5.78 Å². The van der Waals surface area contributed by atoms with E-state index in [1.165, 1.54) is 13.8 Å². The molecule has 5 heterocycles. The van der Waals surface area contributed by atoms with Crippen molar-refractivity contribution in [2.24, 2.45) is 51.2 Å². The van der Waals surface area contributed by atoms with Crippen LogP contribution in [0.3, 0.4) is 0 Å². The predicted octanol–water partition coefficient (Wildman–Crippen LogP) is -6.71. The first-order valence-electron chi connectivity index (χ1n) is 35.3. The van der Waals surface area contributed by atoms with E-state index in [-0.39, 0.29) is 54.1 Å². The second kappa shape index (κ2) is 31.4. The molecule has 10 aliphatic rings. The Balaban J connectivity index is 0.795. The molecular formula is C67H112O33. The lowest BCUT2D eigenvalue weighted by molar-refractivity contribution is -0.380. The first-order valence-corrected chi connectivity index (χ1v) is 35.3. The van der Waals surface area contributed by atoms with Gasteiger partial charge in [-0.05, 0) is 99.7 Å². The van der Waals surface area contributed by atoms with Gasteiger partial charge < -0.3 is 159 Å². The van der Waals surface area contributed by atoms with Gasteiger partial charge in [0.05, 0.1) is 69.7 Å². The monoisotopic (exact) mass is 1440 g/mol. The Morgan fingerprint density at radius 1 is 0.510 bits per heavy atom. The zero-order chi connectivity index (χ0) is 73.5. The maximum atomic E-state index is 15.5. The Bertz CT molecular complexity index is 2720. The fourth-order valence-corrected chi connectivity index (χ4v) is 18.6. The van der Waals surface area contributed by atoms with Crippen LogP contribution in [0.25, 0.3) is 0 Å². The van der Waals surface area contributed by atoms with E-state index in [4.69, 9.17) is 52.1 Å². The van der Waals surface area contributed by atoms with Gasteiger partial charge in [-0.1, -0.05) is 53.2 Å². The van der Waals surface area contributed by atoms with Gasteiger partial charge in [0, 0.05) is 23.2 Å². The van der Waals surface area contributed by atoms with Gasteiger partial charge in [0.15, 0.2) is 31.5 Å². The molecule has 5 aliphatic carbocycles. The smallest absolute Gasteiger partial charge is 0.187 e. The average Bonchev–Trinajstić information content (AvgIpc) is 1.02. The van der Waals surface area contributed by atoms with E-state index >= 15 is 4.79 Å². The van der Waals surface area contributed by atoms with Gasteiger partial charge >= 0.3 is 0 Å². The van der Waals surface area contributed by atoms with E-state index in [1.807, 2.05) is 13.8 Å². The quantitative estimate of drug-likeness (QED) is 0.0423. The van der Waals surface area contributed by atoms with Crippen LogP contribution in [-0.4, -0.2) is 348 Å². The summed E-state index contributed by atoms with van der Waals surface area (Å²) in [6.07, 6.45) is -44.5. The van der Waals surface area contributed by atoms with Gasteiger partial charge in [0.2, 0.25) is 0 Å². The minimum atomic E-state index is -1.98. The summed E-state index contributed by atoms with van der Waals surface area (Å²) in [5.74, 6) is -1.28. The fraction of sp³-hybridized carbons (Fsp3) is 0.955. The predicted molar refractivity (Wildman–Crippen MR) is 335 cm³/mol. The normalized spacial score (nSPS) is 51.3. The highest BCUT2D eigenvalue weighted by Gasteiger charge is 2.71. The summed E-state index contributed by atoms with van der Waals surface area (Å²) in [4.78, 5) is 15.5. The Morgan fingerprint density at radius 2 is 0.970 bits per heavy atom. The van der Waals surface area contributed by atoms with Crippen molar-refractivity contribution in [1.29, 1.82) is 0 Å². The molecule has 0 aromatic heterocycles. The van der Waals surface area contributed by atoms with Crippen molar-refractivity contribution in [2.75, 3.05) is 39.6 Å². The van der Waals surface area contributed by atoms with E-state index in [0.29, 0.717) is 25.7 Å². The largest absolute Gasteiger partial charge is 0.394 e. The number of carbonyl (C=O) groups is 1. The number of aliphatic hydroxyl groups is 21. The van der Waals surface area contributed by atoms with Gasteiger partial charge in [0.25, 0.3) is 0 Å². The van der Waals surface area contributed by atoms with Crippen LogP contribution in [0.4, 0.5) is 0 Å². The van der Waals surface area contributed by atoms with Crippen molar-refractivity contribution in [1.82, 2.24) is 0 Å². The van der Waals surface area contributed by atoms with Crippen LogP contribution in [0.5, 0.6) is 0 Å². The van der Waals surface area contributed by atoms with Crippen molar-refractivity contribution in [3.05, 3.63) is 11.6 Å². The van der Waals surface area contributed by atoms with E-state index in [9.17, 15) is 107 Å². The van der Waals surface area contributed by atoms with E-state index < -0.39 is 258 Å². The van der Waals surface area contributed by atoms with Crippen molar-refractivity contribution in [3.63, 3.8) is 0 Å². The highest BCUT2D eigenvalue weighted by molar-refractivity contribution is 5.88. The molecule has 39 atom stereocenters. The third-order valence-corrected chi connectivity index (χ3v) is 25.2. The van der Waals surface area contributed by atoms with Gasteiger partial charge in [-0.15, -0.1) is 0 Å². The lowest BCUT2D eigenvalue weighted by atomic mass is 9.38. The van der Waals surface area contributed by atoms with Crippen LogP contribution >= 0.6 is 0 Å². The Labute approximate surface area is 579 Å². The molecule has 0 aromatic carbocycles. The molecule has 33 heteroatoms. The van der Waals surface area contributed by atoms with E-state index in [1.54, 1.807) is 0 Å². The first-order chi connectivity index (χ1) is 46.8. The fourth-order valence-electron chi connectivity index (χ4n) is 18.6. The summed E-state index contributed by atoms with van der Waals surface area (Å²) in [5.41, 5.74) is -3.13. The zero-order valence-corrected chi connectivity index (χ0v) is 57.8. The van der Waals surface area contributed by atoms with Crippen LogP contribution in [0, 0.1) is 51.2 Å². The lowest BCUT2D eigenvalue weighted by Gasteiger charge is -2.65. The number of carbonyl (C=O) groups excluding carboxylic acids is 1.